The third-order valence-corrected chi connectivity index (χ3v) is 4.14. The van der Waals surface area contributed by atoms with E-state index in [-0.39, 0.29) is 11.6 Å². The number of hydrogen-bond acceptors (Lipinski definition) is 4. The Morgan fingerprint density at radius 2 is 1.85 bits per heavy atom. The van der Waals surface area contributed by atoms with Gasteiger partial charge in [-0.05, 0) is 38.5 Å². The van der Waals surface area contributed by atoms with Crippen molar-refractivity contribution in [2.24, 2.45) is 5.73 Å². The van der Waals surface area contributed by atoms with Crippen LogP contribution in [-0.4, -0.2) is 43.3 Å². The molecule has 4 heteroatoms. The van der Waals surface area contributed by atoms with E-state index in [1.807, 2.05) is 19.1 Å². The van der Waals surface area contributed by atoms with Crippen molar-refractivity contribution in [2.75, 3.05) is 32.9 Å². The molecule has 0 aromatic heterocycles. The Morgan fingerprint density at radius 1 is 1.25 bits per heavy atom. The summed E-state index contributed by atoms with van der Waals surface area (Å²) in [5.74, 6) is 0.896. The second-order valence-electron chi connectivity index (χ2n) is 5.73. The molecular formula is C16H26N2O2. The molecule has 1 fully saturated rings. The van der Waals surface area contributed by atoms with Crippen molar-refractivity contribution in [3.05, 3.63) is 29.8 Å². The summed E-state index contributed by atoms with van der Waals surface area (Å²) in [5.41, 5.74) is 7.56. The van der Waals surface area contributed by atoms with Gasteiger partial charge >= 0.3 is 0 Å². The molecule has 1 heterocycles. The summed E-state index contributed by atoms with van der Waals surface area (Å²) >= 11 is 0. The molecule has 1 aliphatic heterocycles. The van der Waals surface area contributed by atoms with Crippen LogP contribution < -0.4 is 10.5 Å². The average Bonchev–Trinajstić information content (AvgIpc) is 2.48. The highest BCUT2D eigenvalue weighted by Gasteiger charge is 2.34. The molecule has 1 aliphatic rings. The minimum Gasteiger partial charge on any atom is -0.494 e. The predicted molar refractivity (Wildman–Crippen MR) is 81.0 cm³/mol. The molecule has 1 aromatic rings. The topological polar surface area (TPSA) is 47.7 Å². The van der Waals surface area contributed by atoms with Crippen LogP contribution in [0.15, 0.2) is 24.3 Å². The van der Waals surface area contributed by atoms with Gasteiger partial charge in [-0.15, -0.1) is 0 Å². The van der Waals surface area contributed by atoms with E-state index >= 15 is 0 Å². The van der Waals surface area contributed by atoms with E-state index in [1.54, 1.807) is 0 Å². The highest BCUT2D eigenvalue weighted by atomic mass is 16.5. The van der Waals surface area contributed by atoms with Crippen molar-refractivity contribution in [1.29, 1.82) is 0 Å². The molecule has 4 nitrogen and oxygen atoms in total. The fourth-order valence-corrected chi connectivity index (χ4v) is 2.68. The minimum atomic E-state index is -0.0864. The maximum absolute atomic E-state index is 6.50. The van der Waals surface area contributed by atoms with Gasteiger partial charge in [0, 0.05) is 24.7 Å². The molecule has 2 N–H and O–H groups in total. The number of hydrogen-bond donors (Lipinski definition) is 1. The van der Waals surface area contributed by atoms with Gasteiger partial charge in [-0.1, -0.05) is 12.1 Å². The summed E-state index contributed by atoms with van der Waals surface area (Å²) in [5, 5.41) is 0. The van der Waals surface area contributed by atoms with Gasteiger partial charge in [0.05, 0.1) is 19.8 Å². The maximum atomic E-state index is 6.50. The largest absolute Gasteiger partial charge is 0.494 e. The van der Waals surface area contributed by atoms with Crippen LogP contribution in [0.1, 0.15) is 32.4 Å². The minimum absolute atomic E-state index is 0.0312. The molecule has 0 aliphatic carbocycles. The lowest BCUT2D eigenvalue weighted by atomic mass is 9.87. The summed E-state index contributed by atoms with van der Waals surface area (Å²) in [4.78, 5) is 2.41. The second-order valence-corrected chi connectivity index (χ2v) is 5.73. The van der Waals surface area contributed by atoms with Crippen LogP contribution in [0.25, 0.3) is 0 Å². The number of benzene rings is 1. The highest BCUT2D eigenvalue weighted by molar-refractivity contribution is 5.30. The van der Waals surface area contributed by atoms with Crippen molar-refractivity contribution in [2.45, 2.75) is 32.4 Å². The molecular weight excluding hydrogens is 252 g/mol. The van der Waals surface area contributed by atoms with Crippen LogP contribution in [0.3, 0.4) is 0 Å². The van der Waals surface area contributed by atoms with Crippen LogP contribution in [0.5, 0.6) is 5.75 Å². The van der Waals surface area contributed by atoms with E-state index in [1.165, 1.54) is 0 Å². The number of nitrogens with two attached hydrogens (primary N) is 1. The molecule has 1 atom stereocenters. The standard InChI is InChI=1S/C16H26N2O2/c1-4-20-14-7-5-13(6-8-14)15(17)16(2,3)18-9-11-19-12-10-18/h5-8,15H,4,9-12,17H2,1-3H3. The van der Waals surface area contributed by atoms with Gasteiger partial charge in [0.1, 0.15) is 5.75 Å². The van der Waals surface area contributed by atoms with Crippen LogP contribution in [0, 0.1) is 0 Å². The van der Waals surface area contributed by atoms with Gasteiger partial charge in [-0.25, -0.2) is 0 Å². The number of rotatable bonds is 5. The van der Waals surface area contributed by atoms with Crippen molar-refractivity contribution < 1.29 is 9.47 Å². The number of morpholine rings is 1. The van der Waals surface area contributed by atoms with Gasteiger partial charge in [-0.2, -0.15) is 0 Å². The van der Waals surface area contributed by atoms with Gasteiger partial charge < -0.3 is 15.2 Å². The maximum Gasteiger partial charge on any atom is 0.119 e. The Morgan fingerprint density at radius 3 is 2.40 bits per heavy atom. The van der Waals surface area contributed by atoms with Gasteiger partial charge in [0.15, 0.2) is 0 Å². The molecule has 1 aromatic carbocycles. The van der Waals surface area contributed by atoms with Gasteiger partial charge in [0.2, 0.25) is 0 Å². The zero-order valence-electron chi connectivity index (χ0n) is 12.8. The predicted octanol–water partition coefficient (Wildman–Crippen LogP) is 2.20. The van der Waals surface area contributed by atoms with E-state index < -0.39 is 0 Å². The Bertz CT molecular complexity index is 411. The Kier molecular flexibility index (Phi) is 5.02. The Hall–Kier alpha value is -1.10. The summed E-state index contributed by atoms with van der Waals surface area (Å²) in [7, 11) is 0. The van der Waals surface area contributed by atoms with Crippen molar-refractivity contribution in [3.63, 3.8) is 0 Å². The molecule has 1 unspecified atom stereocenters. The summed E-state index contributed by atoms with van der Waals surface area (Å²) in [6.45, 7) is 10.6. The lowest BCUT2D eigenvalue weighted by molar-refractivity contribution is -0.0190. The van der Waals surface area contributed by atoms with Crippen LogP contribution in [0.2, 0.25) is 0 Å². The number of ether oxygens (including phenoxy) is 2. The van der Waals surface area contributed by atoms with E-state index in [2.05, 4.69) is 30.9 Å². The molecule has 0 radical (unpaired) electrons. The second kappa shape index (κ2) is 6.57. The Labute approximate surface area is 121 Å². The van der Waals surface area contributed by atoms with Crippen molar-refractivity contribution >= 4 is 0 Å². The molecule has 0 amide bonds. The van der Waals surface area contributed by atoms with Crippen LogP contribution >= 0.6 is 0 Å². The third kappa shape index (κ3) is 3.32. The van der Waals surface area contributed by atoms with E-state index in [0.29, 0.717) is 6.61 Å². The summed E-state index contributed by atoms with van der Waals surface area (Å²) in [6, 6.07) is 8.09. The molecule has 0 bridgehead atoms. The summed E-state index contributed by atoms with van der Waals surface area (Å²) in [6.07, 6.45) is 0. The van der Waals surface area contributed by atoms with Crippen LogP contribution in [0.4, 0.5) is 0 Å². The fourth-order valence-electron chi connectivity index (χ4n) is 2.68. The average molecular weight is 278 g/mol. The zero-order valence-corrected chi connectivity index (χ0v) is 12.8. The first-order chi connectivity index (χ1) is 9.55. The lowest BCUT2D eigenvalue weighted by Crippen LogP contribution is -2.55. The molecule has 0 spiro atoms. The molecule has 2 rings (SSSR count). The van der Waals surface area contributed by atoms with E-state index in [4.69, 9.17) is 15.2 Å². The third-order valence-electron chi connectivity index (χ3n) is 4.14. The van der Waals surface area contributed by atoms with Crippen molar-refractivity contribution in [1.82, 2.24) is 4.90 Å². The monoisotopic (exact) mass is 278 g/mol. The Balaban J connectivity index is 2.09. The molecule has 20 heavy (non-hydrogen) atoms. The fraction of sp³-hybridized carbons (Fsp3) is 0.625. The van der Waals surface area contributed by atoms with Crippen molar-refractivity contribution in [3.8, 4) is 5.75 Å². The normalized spacial score (nSPS) is 18.8. The first-order valence-corrected chi connectivity index (χ1v) is 7.37. The SMILES string of the molecule is CCOc1ccc(C(N)C(C)(C)N2CCOCC2)cc1. The first kappa shape index (κ1) is 15.3. The van der Waals surface area contributed by atoms with Crippen LogP contribution in [-0.2, 0) is 4.74 Å². The van der Waals surface area contributed by atoms with Gasteiger partial charge in [-0.3, -0.25) is 4.90 Å². The summed E-state index contributed by atoms with van der Waals surface area (Å²) < 4.78 is 10.9. The molecule has 1 saturated heterocycles. The molecule has 112 valence electrons. The first-order valence-electron chi connectivity index (χ1n) is 7.37. The zero-order chi connectivity index (χ0) is 14.6. The smallest absolute Gasteiger partial charge is 0.119 e. The lowest BCUT2D eigenvalue weighted by Gasteiger charge is -2.44. The van der Waals surface area contributed by atoms with E-state index in [9.17, 15) is 0 Å². The number of nitrogens with zero attached hydrogens (tertiary/aromatic N) is 1. The van der Waals surface area contributed by atoms with Gasteiger partial charge in [0.25, 0.3) is 0 Å². The van der Waals surface area contributed by atoms with E-state index in [0.717, 1.165) is 37.6 Å². The molecule has 0 saturated carbocycles. The quantitative estimate of drug-likeness (QED) is 0.897. The highest BCUT2D eigenvalue weighted by Crippen LogP contribution is 2.30.